The van der Waals surface area contributed by atoms with E-state index < -0.39 is 0 Å². The fraction of sp³-hybridized carbons (Fsp3) is 0.222. The predicted octanol–water partition coefficient (Wildman–Crippen LogP) is 0.829. The average molecular weight is 162 g/mol. The Labute approximate surface area is 70.2 Å². The molecule has 0 radical (unpaired) electrons. The minimum absolute atomic E-state index is 0.0520. The van der Waals surface area contributed by atoms with E-state index in [0.717, 1.165) is 11.3 Å². The largest absolute Gasteiger partial charge is 0.355 e. The van der Waals surface area contributed by atoms with Crippen LogP contribution in [0.2, 0.25) is 0 Å². The van der Waals surface area contributed by atoms with E-state index in [1.165, 1.54) is 0 Å². The van der Waals surface area contributed by atoms with Gasteiger partial charge in [-0.05, 0) is 6.07 Å². The number of rotatable bonds is 0. The van der Waals surface area contributed by atoms with Gasteiger partial charge in [-0.3, -0.25) is 4.79 Å². The van der Waals surface area contributed by atoms with E-state index >= 15 is 0 Å². The summed E-state index contributed by atoms with van der Waals surface area (Å²) < 4.78 is 3.58. The fourth-order valence-electron chi connectivity index (χ4n) is 1.34. The first-order valence-electron chi connectivity index (χ1n) is 3.80. The third-order valence-electron chi connectivity index (χ3n) is 2.08. The summed E-state index contributed by atoms with van der Waals surface area (Å²) in [4.78, 5) is 11.2. The van der Waals surface area contributed by atoms with Gasteiger partial charge < -0.3 is 9.13 Å². The molecule has 0 aromatic rings. The maximum atomic E-state index is 11.2. The lowest BCUT2D eigenvalue weighted by Gasteiger charge is -2.04. The number of pyridine rings is 1. The van der Waals surface area contributed by atoms with Crippen LogP contribution >= 0.6 is 0 Å². The second kappa shape index (κ2) is 2.24. The molecule has 12 heavy (non-hydrogen) atoms. The van der Waals surface area contributed by atoms with Crippen LogP contribution in [0.3, 0.4) is 0 Å². The summed E-state index contributed by atoms with van der Waals surface area (Å²) in [6.45, 7) is 0. The summed E-state index contributed by atoms with van der Waals surface area (Å²) in [5.74, 6) is 0. The zero-order chi connectivity index (χ0) is 8.72. The third-order valence-corrected chi connectivity index (χ3v) is 2.08. The normalized spacial score (nSPS) is 10.8. The summed E-state index contributed by atoms with van der Waals surface area (Å²) in [6, 6.07) is 3.59. The van der Waals surface area contributed by atoms with E-state index in [-0.39, 0.29) is 5.56 Å². The second-order valence-electron chi connectivity index (χ2n) is 2.99. The SMILES string of the molecule is Cn1ccc2cc(=O)n(C)c-2c1. The molecule has 2 heterocycles. The molecule has 0 amide bonds. The molecule has 0 saturated carbocycles. The van der Waals surface area contributed by atoms with Gasteiger partial charge in [0.05, 0.1) is 5.69 Å². The molecular formula is C9H10N2O. The molecule has 2 aliphatic heterocycles. The van der Waals surface area contributed by atoms with Crippen molar-refractivity contribution in [3.05, 3.63) is 34.9 Å². The zero-order valence-electron chi connectivity index (χ0n) is 7.11. The van der Waals surface area contributed by atoms with Crippen molar-refractivity contribution < 1.29 is 0 Å². The molecular weight excluding hydrogens is 152 g/mol. The monoisotopic (exact) mass is 162 g/mol. The molecule has 0 aromatic heterocycles. The van der Waals surface area contributed by atoms with E-state index in [1.54, 1.807) is 17.7 Å². The minimum Gasteiger partial charge on any atom is -0.355 e. The summed E-state index contributed by atoms with van der Waals surface area (Å²) >= 11 is 0. The molecule has 0 unspecified atom stereocenters. The van der Waals surface area contributed by atoms with Gasteiger partial charge in [0, 0.05) is 38.1 Å². The summed E-state index contributed by atoms with van der Waals surface area (Å²) in [6.07, 6.45) is 3.87. The van der Waals surface area contributed by atoms with Gasteiger partial charge in [-0.25, -0.2) is 0 Å². The Morgan fingerprint density at radius 2 is 2.08 bits per heavy atom. The molecule has 0 spiro atoms. The van der Waals surface area contributed by atoms with Crippen molar-refractivity contribution in [3.8, 4) is 11.3 Å². The molecule has 2 aliphatic rings. The van der Waals surface area contributed by atoms with Gasteiger partial charge in [-0.15, -0.1) is 0 Å². The number of aryl methyl sites for hydroxylation is 1. The molecule has 2 rings (SSSR count). The van der Waals surface area contributed by atoms with E-state index in [1.807, 2.05) is 30.1 Å². The van der Waals surface area contributed by atoms with E-state index in [4.69, 9.17) is 0 Å². The third kappa shape index (κ3) is 0.863. The van der Waals surface area contributed by atoms with Crippen LogP contribution in [0, 0.1) is 0 Å². The summed E-state index contributed by atoms with van der Waals surface area (Å²) in [5, 5.41) is 0. The van der Waals surface area contributed by atoms with Gasteiger partial charge in [-0.1, -0.05) is 0 Å². The quantitative estimate of drug-likeness (QED) is 0.563. The van der Waals surface area contributed by atoms with Gasteiger partial charge >= 0.3 is 0 Å². The molecule has 3 nitrogen and oxygen atoms in total. The topological polar surface area (TPSA) is 26.9 Å². The van der Waals surface area contributed by atoms with E-state index in [9.17, 15) is 4.79 Å². The first-order chi connectivity index (χ1) is 5.68. The second-order valence-corrected chi connectivity index (χ2v) is 2.99. The molecule has 0 saturated heterocycles. The maximum Gasteiger partial charge on any atom is 0.251 e. The lowest BCUT2D eigenvalue weighted by molar-refractivity contribution is 0.852. The Balaban J connectivity index is 2.88. The number of hydrogen-bond donors (Lipinski definition) is 0. The van der Waals surface area contributed by atoms with Crippen LogP contribution in [0.1, 0.15) is 0 Å². The number of fused-ring (bicyclic) bond motifs is 1. The first kappa shape index (κ1) is 7.16. The van der Waals surface area contributed by atoms with Crippen LogP contribution in [0.4, 0.5) is 0 Å². The Bertz CT molecular complexity index is 439. The molecule has 3 heteroatoms. The number of hydrogen-bond acceptors (Lipinski definition) is 1. The predicted molar refractivity (Wildman–Crippen MR) is 47.3 cm³/mol. The van der Waals surface area contributed by atoms with Crippen molar-refractivity contribution in [2.45, 2.75) is 0 Å². The van der Waals surface area contributed by atoms with Crippen molar-refractivity contribution >= 4 is 0 Å². The molecule has 0 atom stereocenters. The number of aromatic nitrogens is 2. The van der Waals surface area contributed by atoms with Gasteiger partial charge in [0.2, 0.25) is 0 Å². The van der Waals surface area contributed by atoms with Gasteiger partial charge in [0.25, 0.3) is 5.56 Å². The highest BCUT2D eigenvalue weighted by atomic mass is 16.1. The fourth-order valence-corrected chi connectivity index (χ4v) is 1.34. The van der Waals surface area contributed by atoms with Crippen molar-refractivity contribution in [2.24, 2.45) is 14.1 Å². The maximum absolute atomic E-state index is 11.2. The van der Waals surface area contributed by atoms with Crippen molar-refractivity contribution in [2.75, 3.05) is 0 Å². The minimum atomic E-state index is 0.0520. The Kier molecular flexibility index (Phi) is 1.33. The lowest BCUT2D eigenvalue weighted by Crippen LogP contribution is -2.09. The van der Waals surface area contributed by atoms with E-state index in [0.29, 0.717) is 0 Å². The zero-order valence-corrected chi connectivity index (χ0v) is 7.11. The Morgan fingerprint density at radius 3 is 2.83 bits per heavy atom. The number of nitrogens with zero attached hydrogens (tertiary/aromatic N) is 2. The standard InChI is InChI=1S/C9H10N2O/c1-10-4-3-7-5-9(12)11(2)8(7)6-10/h3-6H,1-2H3. The highest BCUT2D eigenvalue weighted by Crippen LogP contribution is 2.17. The lowest BCUT2D eigenvalue weighted by atomic mass is 10.2. The van der Waals surface area contributed by atoms with Crippen LogP contribution in [-0.4, -0.2) is 9.13 Å². The van der Waals surface area contributed by atoms with Crippen LogP contribution < -0.4 is 5.56 Å². The molecule has 0 N–H and O–H groups in total. The van der Waals surface area contributed by atoms with Crippen LogP contribution in [0.5, 0.6) is 0 Å². The summed E-state index contributed by atoms with van der Waals surface area (Å²) in [7, 11) is 3.72. The van der Waals surface area contributed by atoms with Crippen molar-refractivity contribution in [1.82, 2.24) is 9.13 Å². The van der Waals surface area contributed by atoms with Gasteiger partial charge in [0.15, 0.2) is 0 Å². The molecule has 62 valence electrons. The Morgan fingerprint density at radius 1 is 1.33 bits per heavy atom. The molecule has 0 aliphatic carbocycles. The summed E-state index contributed by atoms with van der Waals surface area (Å²) in [5.41, 5.74) is 2.03. The molecule has 0 fully saturated rings. The van der Waals surface area contributed by atoms with Crippen LogP contribution in [-0.2, 0) is 14.1 Å². The Hall–Kier alpha value is -1.51. The van der Waals surface area contributed by atoms with Crippen molar-refractivity contribution in [3.63, 3.8) is 0 Å². The average Bonchev–Trinajstić information content (AvgIpc) is 2.31. The van der Waals surface area contributed by atoms with Gasteiger partial charge in [-0.2, -0.15) is 0 Å². The van der Waals surface area contributed by atoms with Crippen molar-refractivity contribution in [1.29, 1.82) is 0 Å². The van der Waals surface area contributed by atoms with Crippen LogP contribution in [0.25, 0.3) is 11.3 Å². The van der Waals surface area contributed by atoms with E-state index in [2.05, 4.69) is 0 Å². The highest BCUT2D eigenvalue weighted by Gasteiger charge is 2.07. The molecule has 0 bridgehead atoms. The first-order valence-corrected chi connectivity index (χ1v) is 3.80. The van der Waals surface area contributed by atoms with Crippen LogP contribution in [0.15, 0.2) is 29.3 Å². The molecule has 0 aromatic carbocycles. The smallest absolute Gasteiger partial charge is 0.251 e. The van der Waals surface area contributed by atoms with Gasteiger partial charge in [0.1, 0.15) is 0 Å². The highest BCUT2D eigenvalue weighted by molar-refractivity contribution is 5.60.